The summed E-state index contributed by atoms with van der Waals surface area (Å²) in [6.07, 6.45) is 4.31. The number of hydrogen-bond acceptors (Lipinski definition) is 2. The summed E-state index contributed by atoms with van der Waals surface area (Å²) in [4.78, 5) is 12.5. The van der Waals surface area contributed by atoms with Gasteiger partial charge in [0.15, 0.2) is 0 Å². The summed E-state index contributed by atoms with van der Waals surface area (Å²) in [7, 11) is 0. The van der Waals surface area contributed by atoms with Crippen molar-refractivity contribution in [1.29, 1.82) is 0 Å². The van der Waals surface area contributed by atoms with E-state index >= 15 is 0 Å². The van der Waals surface area contributed by atoms with E-state index in [4.69, 9.17) is 0 Å². The number of hydrogen-bond donors (Lipinski definition) is 2. The molecule has 4 heteroatoms. The molecule has 0 spiro atoms. The molecule has 0 saturated heterocycles. The van der Waals surface area contributed by atoms with Gasteiger partial charge in [0.25, 0.3) is 0 Å². The number of nitrogens with zero attached hydrogens (tertiary/aromatic N) is 1. The lowest BCUT2D eigenvalue weighted by Gasteiger charge is -2.19. The van der Waals surface area contributed by atoms with Gasteiger partial charge >= 0.3 is 0 Å². The number of carbonyl (C=O) groups is 1. The summed E-state index contributed by atoms with van der Waals surface area (Å²) in [6.45, 7) is 8.56. The zero-order valence-corrected chi connectivity index (χ0v) is 15.1. The maximum absolute atomic E-state index is 12.5. The first-order chi connectivity index (χ1) is 11.4. The zero-order valence-electron chi connectivity index (χ0n) is 15.1. The van der Waals surface area contributed by atoms with Crippen LogP contribution in [0.3, 0.4) is 0 Å². The number of aromatic amines is 1. The SMILES string of the molecule is Cc1[nH]nc(-c2ccc(C(C)(C)C)cc2)c1NC(=O)C1CCCC1. The third-order valence-corrected chi connectivity index (χ3v) is 4.95. The summed E-state index contributed by atoms with van der Waals surface area (Å²) in [5, 5.41) is 10.5. The molecule has 1 aliphatic rings. The van der Waals surface area contributed by atoms with Gasteiger partial charge in [-0.15, -0.1) is 0 Å². The van der Waals surface area contributed by atoms with Gasteiger partial charge in [-0.05, 0) is 30.7 Å². The molecule has 1 heterocycles. The van der Waals surface area contributed by atoms with E-state index in [9.17, 15) is 4.79 Å². The highest BCUT2D eigenvalue weighted by molar-refractivity contribution is 5.96. The van der Waals surface area contributed by atoms with Gasteiger partial charge in [-0.25, -0.2) is 0 Å². The Bertz CT molecular complexity index is 716. The molecule has 2 aromatic rings. The molecule has 24 heavy (non-hydrogen) atoms. The van der Waals surface area contributed by atoms with E-state index in [1.165, 1.54) is 5.56 Å². The van der Waals surface area contributed by atoms with Gasteiger partial charge in [-0.1, -0.05) is 57.9 Å². The Hall–Kier alpha value is -2.10. The molecule has 4 nitrogen and oxygen atoms in total. The maximum atomic E-state index is 12.5. The monoisotopic (exact) mass is 325 g/mol. The first-order valence-electron chi connectivity index (χ1n) is 8.83. The van der Waals surface area contributed by atoms with Gasteiger partial charge in [0.1, 0.15) is 5.69 Å². The average Bonchev–Trinajstić information content (AvgIpc) is 3.18. The molecule has 2 N–H and O–H groups in total. The molecule has 1 aromatic heterocycles. The Morgan fingerprint density at radius 3 is 2.38 bits per heavy atom. The summed E-state index contributed by atoms with van der Waals surface area (Å²) in [6, 6.07) is 8.45. The number of anilines is 1. The summed E-state index contributed by atoms with van der Waals surface area (Å²) in [5.74, 6) is 0.278. The summed E-state index contributed by atoms with van der Waals surface area (Å²) < 4.78 is 0. The highest BCUT2D eigenvalue weighted by Crippen LogP contribution is 2.32. The van der Waals surface area contributed by atoms with Crippen LogP contribution in [-0.2, 0) is 10.2 Å². The molecule has 0 atom stereocenters. The molecule has 1 amide bonds. The first kappa shape index (κ1) is 16.7. The van der Waals surface area contributed by atoms with Crippen molar-refractivity contribution in [2.24, 2.45) is 5.92 Å². The molecule has 1 aliphatic carbocycles. The second-order valence-corrected chi connectivity index (χ2v) is 7.87. The fourth-order valence-electron chi connectivity index (χ4n) is 3.33. The lowest BCUT2D eigenvalue weighted by atomic mass is 9.86. The van der Waals surface area contributed by atoms with Crippen LogP contribution in [-0.4, -0.2) is 16.1 Å². The van der Waals surface area contributed by atoms with Crippen molar-refractivity contribution in [1.82, 2.24) is 10.2 Å². The normalized spacial score (nSPS) is 15.7. The van der Waals surface area contributed by atoms with E-state index in [-0.39, 0.29) is 17.2 Å². The molecule has 0 bridgehead atoms. The van der Waals surface area contributed by atoms with Crippen molar-refractivity contribution in [3.63, 3.8) is 0 Å². The smallest absolute Gasteiger partial charge is 0.227 e. The van der Waals surface area contributed by atoms with Crippen LogP contribution in [0.4, 0.5) is 5.69 Å². The molecule has 0 radical (unpaired) electrons. The predicted molar refractivity (Wildman–Crippen MR) is 98.0 cm³/mol. The van der Waals surface area contributed by atoms with Crippen LogP contribution >= 0.6 is 0 Å². The Morgan fingerprint density at radius 1 is 1.17 bits per heavy atom. The number of aromatic nitrogens is 2. The fourth-order valence-corrected chi connectivity index (χ4v) is 3.33. The minimum absolute atomic E-state index is 0.125. The number of H-pyrrole nitrogens is 1. The van der Waals surface area contributed by atoms with E-state index in [2.05, 4.69) is 60.6 Å². The number of benzene rings is 1. The molecule has 1 fully saturated rings. The Kier molecular flexibility index (Phi) is 4.48. The lowest BCUT2D eigenvalue weighted by Crippen LogP contribution is -2.20. The Labute approximate surface area is 144 Å². The van der Waals surface area contributed by atoms with E-state index in [0.29, 0.717) is 0 Å². The molecule has 1 aromatic carbocycles. The van der Waals surface area contributed by atoms with Gasteiger partial charge in [0.05, 0.1) is 11.4 Å². The van der Waals surface area contributed by atoms with E-state index in [1.54, 1.807) is 0 Å². The predicted octanol–water partition coefficient (Wildman–Crippen LogP) is 4.81. The Morgan fingerprint density at radius 2 is 1.79 bits per heavy atom. The van der Waals surface area contributed by atoms with E-state index < -0.39 is 0 Å². The lowest BCUT2D eigenvalue weighted by molar-refractivity contribution is -0.119. The van der Waals surface area contributed by atoms with Crippen LogP contribution in [0, 0.1) is 12.8 Å². The van der Waals surface area contributed by atoms with Gasteiger partial charge in [0, 0.05) is 11.5 Å². The van der Waals surface area contributed by atoms with Crippen molar-refractivity contribution in [3.05, 3.63) is 35.5 Å². The molecule has 0 unspecified atom stereocenters. The quantitative estimate of drug-likeness (QED) is 0.850. The van der Waals surface area contributed by atoms with Crippen LogP contribution < -0.4 is 5.32 Å². The fraction of sp³-hybridized carbons (Fsp3) is 0.500. The van der Waals surface area contributed by atoms with Crippen LogP contribution in [0.5, 0.6) is 0 Å². The van der Waals surface area contributed by atoms with E-state index in [1.807, 2.05) is 6.92 Å². The molecular formula is C20H27N3O. The third kappa shape index (κ3) is 3.37. The van der Waals surface area contributed by atoms with Gasteiger partial charge in [-0.3, -0.25) is 9.89 Å². The zero-order chi connectivity index (χ0) is 17.3. The summed E-state index contributed by atoms with van der Waals surface area (Å²) >= 11 is 0. The van der Waals surface area contributed by atoms with Gasteiger partial charge < -0.3 is 5.32 Å². The van der Waals surface area contributed by atoms with Crippen LogP contribution in [0.1, 0.15) is 57.7 Å². The number of aryl methyl sites for hydroxylation is 1. The summed E-state index contributed by atoms with van der Waals surface area (Å²) in [5.41, 5.74) is 4.97. The molecule has 1 saturated carbocycles. The van der Waals surface area contributed by atoms with Crippen LogP contribution in [0.15, 0.2) is 24.3 Å². The van der Waals surface area contributed by atoms with Crippen molar-refractivity contribution in [2.45, 2.75) is 58.8 Å². The van der Waals surface area contributed by atoms with E-state index in [0.717, 1.165) is 48.3 Å². The maximum Gasteiger partial charge on any atom is 0.227 e. The minimum Gasteiger partial charge on any atom is -0.322 e. The molecule has 3 rings (SSSR count). The second kappa shape index (κ2) is 6.42. The van der Waals surface area contributed by atoms with Crippen molar-refractivity contribution < 1.29 is 4.79 Å². The van der Waals surface area contributed by atoms with Crippen LogP contribution in [0.25, 0.3) is 11.3 Å². The topological polar surface area (TPSA) is 57.8 Å². The molecule has 0 aliphatic heterocycles. The second-order valence-electron chi connectivity index (χ2n) is 7.87. The molecule has 128 valence electrons. The largest absolute Gasteiger partial charge is 0.322 e. The minimum atomic E-state index is 0.125. The average molecular weight is 325 g/mol. The number of nitrogens with one attached hydrogen (secondary N) is 2. The number of amides is 1. The standard InChI is InChI=1S/C20H27N3O/c1-13-17(21-19(24)15-7-5-6-8-15)18(23-22-13)14-9-11-16(12-10-14)20(2,3)4/h9-12,15H,5-8H2,1-4H3,(H,21,24)(H,22,23). The number of rotatable bonds is 3. The molecular weight excluding hydrogens is 298 g/mol. The number of carbonyl (C=O) groups excluding carboxylic acids is 1. The highest BCUT2D eigenvalue weighted by Gasteiger charge is 2.25. The van der Waals surface area contributed by atoms with Crippen molar-refractivity contribution in [2.75, 3.05) is 5.32 Å². The van der Waals surface area contributed by atoms with Crippen molar-refractivity contribution >= 4 is 11.6 Å². The Balaban J connectivity index is 1.85. The van der Waals surface area contributed by atoms with Crippen LogP contribution in [0.2, 0.25) is 0 Å². The highest BCUT2D eigenvalue weighted by atomic mass is 16.1. The van der Waals surface area contributed by atoms with Gasteiger partial charge in [0.2, 0.25) is 5.91 Å². The van der Waals surface area contributed by atoms with Gasteiger partial charge in [-0.2, -0.15) is 5.10 Å². The first-order valence-corrected chi connectivity index (χ1v) is 8.83. The van der Waals surface area contributed by atoms with Crippen molar-refractivity contribution in [3.8, 4) is 11.3 Å². The third-order valence-electron chi connectivity index (χ3n) is 4.95.